The summed E-state index contributed by atoms with van der Waals surface area (Å²) in [6, 6.07) is 10.6. The van der Waals surface area contributed by atoms with Crippen LogP contribution in [0.25, 0.3) is 0 Å². The van der Waals surface area contributed by atoms with Crippen molar-refractivity contribution in [1.82, 2.24) is 10.2 Å². The van der Waals surface area contributed by atoms with E-state index in [1.807, 2.05) is 37.2 Å². The van der Waals surface area contributed by atoms with Gasteiger partial charge < -0.3 is 10.2 Å². The molecule has 0 spiro atoms. The molecule has 0 aromatic heterocycles. The van der Waals surface area contributed by atoms with Crippen molar-refractivity contribution in [2.24, 2.45) is 0 Å². The van der Waals surface area contributed by atoms with Gasteiger partial charge in [-0.25, -0.2) is 0 Å². The molecule has 0 fully saturated rings. The minimum Gasteiger partial charge on any atom is -0.366 e. The zero-order valence-electron chi connectivity index (χ0n) is 8.82. The molecule has 1 rings (SSSR count). The number of rotatable bonds is 2. The van der Waals surface area contributed by atoms with E-state index >= 15 is 0 Å². The van der Waals surface area contributed by atoms with Crippen LogP contribution in [0.15, 0.2) is 30.3 Å². The monoisotopic (exact) mass is 208 g/mol. The summed E-state index contributed by atoms with van der Waals surface area (Å²) in [5, 5.41) is 3.74. The predicted molar refractivity (Wildman–Crippen MR) is 64.3 cm³/mol. The number of nitrogens with zero attached hydrogens (tertiary/aromatic N) is 1. The van der Waals surface area contributed by atoms with E-state index in [1.165, 1.54) is 5.56 Å². The second-order valence-corrected chi connectivity index (χ2v) is 3.64. The lowest BCUT2D eigenvalue weighted by atomic mass is 10.1. The average Bonchev–Trinajstić information content (AvgIpc) is 2.27. The summed E-state index contributed by atoms with van der Waals surface area (Å²) in [6.07, 6.45) is 0. The highest BCUT2D eigenvalue weighted by molar-refractivity contribution is 7.80. The summed E-state index contributed by atoms with van der Waals surface area (Å²) >= 11 is 5.17. The number of hydrogen-bond donors (Lipinski definition) is 1. The number of benzene rings is 1. The molecule has 0 radical (unpaired) electrons. The lowest BCUT2D eigenvalue weighted by Gasteiger charge is -2.27. The highest BCUT2D eigenvalue weighted by Crippen LogP contribution is 2.17. The van der Waals surface area contributed by atoms with Crippen molar-refractivity contribution in [3.05, 3.63) is 35.9 Å². The summed E-state index contributed by atoms with van der Waals surface area (Å²) in [7, 11) is 3.84. The molecular formula is C11H16N2S. The highest BCUT2D eigenvalue weighted by Gasteiger charge is 2.12. The number of nitrogens with one attached hydrogen (secondary N) is 1. The second kappa shape index (κ2) is 4.96. The largest absolute Gasteiger partial charge is 0.366 e. The SMILES string of the molecule is CNC(=S)N(C)[C@@H](C)c1ccccc1. The van der Waals surface area contributed by atoms with Crippen molar-refractivity contribution in [3.8, 4) is 0 Å². The van der Waals surface area contributed by atoms with Gasteiger partial charge in [-0.05, 0) is 24.7 Å². The number of thiocarbonyl (C=S) groups is 1. The third kappa shape index (κ3) is 2.45. The van der Waals surface area contributed by atoms with Crippen molar-refractivity contribution in [2.75, 3.05) is 14.1 Å². The van der Waals surface area contributed by atoms with Crippen LogP contribution in [-0.2, 0) is 0 Å². The molecule has 3 heteroatoms. The van der Waals surface area contributed by atoms with Gasteiger partial charge in [-0.3, -0.25) is 0 Å². The van der Waals surface area contributed by atoms with E-state index in [1.54, 1.807) is 0 Å². The van der Waals surface area contributed by atoms with Crippen LogP contribution in [0.5, 0.6) is 0 Å². The maximum Gasteiger partial charge on any atom is 0.168 e. The molecule has 0 amide bonds. The van der Waals surface area contributed by atoms with Gasteiger partial charge in [0.25, 0.3) is 0 Å². The van der Waals surface area contributed by atoms with Gasteiger partial charge in [0.1, 0.15) is 0 Å². The summed E-state index contributed by atoms with van der Waals surface area (Å²) in [5.74, 6) is 0. The fraction of sp³-hybridized carbons (Fsp3) is 0.364. The third-order valence-electron chi connectivity index (χ3n) is 2.40. The van der Waals surface area contributed by atoms with Gasteiger partial charge in [0.15, 0.2) is 5.11 Å². The Morgan fingerprint density at radius 1 is 1.36 bits per heavy atom. The molecule has 0 aliphatic heterocycles. The Labute approximate surface area is 90.9 Å². The molecule has 14 heavy (non-hydrogen) atoms. The lowest BCUT2D eigenvalue weighted by molar-refractivity contribution is 0.399. The fourth-order valence-electron chi connectivity index (χ4n) is 1.31. The molecule has 2 nitrogen and oxygen atoms in total. The van der Waals surface area contributed by atoms with E-state index in [2.05, 4.69) is 24.4 Å². The van der Waals surface area contributed by atoms with Crippen LogP contribution in [0.4, 0.5) is 0 Å². The molecule has 0 saturated heterocycles. The molecule has 0 bridgehead atoms. The lowest BCUT2D eigenvalue weighted by Crippen LogP contribution is -2.36. The van der Waals surface area contributed by atoms with Crippen LogP contribution in [0.2, 0.25) is 0 Å². The normalized spacial score (nSPS) is 11.9. The average molecular weight is 208 g/mol. The minimum atomic E-state index is 0.302. The van der Waals surface area contributed by atoms with Crippen LogP contribution >= 0.6 is 12.2 Å². The molecule has 0 aliphatic rings. The quantitative estimate of drug-likeness (QED) is 0.750. The van der Waals surface area contributed by atoms with Crippen LogP contribution < -0.4 is 5.32 Å². The van der Waals surface area contributed by atoms with Gasteiger partial charge in [-0.1, -0.05) is 30.3 Å². The highest BCUT2D eigenvalue weighted by atomic mass is 32.1. The molecule has 1 aromatic carbocycles. The molecule has 0 unspecified atom stereocenters. The molecule has 1 aromatic rings. The van der Waals surface area contributed by atoms with Crippen molar-refractivity contribution in [2.45, 2.75) is 13.0 Å². The Kier molecular flexibility index (Phi) is 3.89. The fourth-order valence-corrected chi connectivity index (χ4v) is 1.47. The summed E-state index contributed by atoms with van der Waals surface area (Å²) < 4.78 is 0. The van der Waals surface area contributed by atoms with Gasteiger partial charge in [-0.2, -0.15) is 0 Å². The van der Waals surface area contributed by atoms with Crippen molar-refractivity contribution in [3.63, 3.8) is 0 Å². The van der Waals surface area contributed by atoms with Gasteiger partial charge in [0.05, 0.1) is 6.04 Å². The van der Waals surface area contributed by atoms with Gasteiger partial charge >= 0.3 is 0 Å². The van der Waals surface area contributed by atoms with Crippen molar-refractivity contribution in [1.29, 1.82) is 0 Å². The first kappa shape index (κ1) is 11.0. The van der Waals surface area contributed by atoms with Gasteiger partial charge in [-0.15, -0.1) is 0 Å². The van der Waals surface area contributed by atoms with Crippen molar-refractivity contribution < 1.29 is 0 Å². The Morgan fingerprint density at radius 2 is 1.93 bits per heavy atom. The zero-order chi connectivity index (χ0) is 10.6. The molecule has 0 aliphatic carbocycles. The first-order chi connectivity index (χ1) is 6.66. The Balaban J connectivity index is 2.75. The molecule has 76 valence electrons. The van der Waals surface area contributed by atoms with E-state index in [4.69, 9.17) is 12.2 Å². The minimum absolute atomic E-state index is 0.302. The smallest absolute Gasteiger partial charge is 0.168 e. The zero-order valence-corrected chi connectivity index (χ0v) is 9.64. The van der Waals surface area contributed by atoms with E-state index in [-0.39, 0.29) is 0 Å². The van der Waals surface area contributed by atoms with E-state index in [0.717, 1.165) is 5.11 Å². The standard InChI is InChI=1S/C11H16N2S/c1-9(13(3)11(14)12-2)10-7-5-4-6-8-10/h4-9H,1-3H3,(H,12,14)/t9-/m0/s1. The Morgan fingerprint density at radius 3 is 2.43 bits per heavy atom. The first-order valence-electron chi connectivity index (χ1n) is 4.66. The molecule has 0 saturated carbocycles. The van der Waals surface area contributed by atoms with Gasteiger partial charge in [0, 0.05) is 14.1 Å². The molecule has 0 heterocycles. The summed E-state index contributed by atoms with van der Waals surface area (Å²) in [4.78, 5) is 2.05. The maximum absolute atomic E-state index is 5.17. The van der Waals surface area contributed by atoms with Crippen LogP contribution in [0, 0.1) is 0 Å². The van der Waals surface area contributed by atoms with E-state index in [9.17, 15) is 0 Å². The third-order valence-corrected chi connectivity index (χ3v) is 2.89. The Hall–Kier alpha value is -1.09. The Bertz CT molecular complexity index is 297. The van der Waals surface area contributed by atoms with Crippen LogP contribution in [0.3, 0.4) is 0 Å². The second-order valence-electron chi connectivity index (χ2n) is 3.25. The van der Waals surface area contributed by atoms with Crippen molar-refractivity contribution >= 4 is 17.3 Å². The number of hydrogen-bond acceptors (Lipinski definition) is 1. The molecule has 1 atom stereocenters. The summed E-state index contributed by atoms with van der Waals surface area (Å²) in [5.41, 5.74) is 1.27. The van der Waals surface area contributed by atoms with E-state index < -0.39 is 0 Å². The maximum atomic E-state index is 5.17. The van der Waals surface area contributed by atoms with Crippen LogP contribution in [0.1, 0.15) is 18.5 Å². The molecule has 1 N–H and O–H groups in total. The summed E-state index contributed by atoms with van der Waals surface area (Å²) in [6.45, 7) is 2.14. The first-order valence-corrected chi connectivity index (χ1v) is 5.07. The molecular weight excluding hydrogens is 192 g/mol. The van der Waals surface area contributed by atoms with Crippen LogP contribution in [-0.4, -0.2) is 24.1 Å². The van der Waals surface area contributed by atoms with E-state index in [0.29, 0.717) is 6.04 Å². The van der Waals surface area contributed by atoms with Gasteiger partial charge in [0.2, 0.25) is 0 Å². The predicted octanol–water partition coefficient (Wildman–Crippen LogP) is 2.18. The topological polar surface area (TPSA) is 15.3 Å².